The summed E-state index contributed by atoms with van der Waals surface area (Å²) >= 11 is 0. The fourth-order valence-corrected chi connectivity index (χ4v) is 3.63. The minimum absolute atomic E-state index is 0.450. The van der Waals surface area contributed by atoms with Crippen LogP contribution in [0.25, 0.3) is 0 Å². The monoisotopic (exact) mass is 260 g/mol. The minimum atomic E-state index is 0.450. The van der Waals surface area contributed by atoms with Gasteiger partial charge in [-0.05, 0) is 57.2 Å². The molecule has 3 heteroatoms. The number of rotatable bonds is 4. The smallest absolute Gasteiger partial charge is 0.0591 e. The molecule has 19 heavy (non-hydrogen) atoms. The van der Waals surface area contributed by atoms with Crippen molar-refractivity contribution >= 4 is 0 Å². The van der Waals surface area contributed by atoms with Gasteiger partial charge in [0.15, 0.2) is 0 Å². The average Bonchev–Trinajstić information content (AvgIpc) is 2.97. The van der Waals surface area contributed by atoms with Crippen molar-refractivity contribution in [2.45, 2.75) is 56.6 Å². The normalized spacial score (nSPS) is 28.1. The van der Waals surface area contributed by atoms with Crippen LogP contribution in [0.4, 0.5) is 0 Å². The van der Waals surface area contributed by atoms with Gasteiger partial charge in [-0.2, -0.15) is 0 Å². The van der Waals surface area contributed by atoms with E-state index in [1.165, 1.54) is 43.4 Å². The Labute approximate surface area is 115 Å². The lowest BCUT2D eigenvalue weighted by atomic mass is 9.80. The predicted octanol–water partition coefficient (Wildman–Crippen LogP) is 2.66. The maximum Gasteiger partial charge on any atom is 0.0591 e. The maximum absolute atomic E-state index is 5.80. The van der Waals surface area contributed by atoms with Crippen molar-refractivity contribution < 1.29 is 4.74 Å². The van der Waals surface area contributed by atoms with Gasteiger partial charge >= 0.3 is 0 Å². The van der Waals surface area contributed by atoms with Crippen LogP contribution in [0.5, 0.6) is 0 Å². The number of fused-ring (bicyclic) bond motifs is 1. The molecule has 0 bridgehead atoms. The molecule has 1 N–H and O–H groups in total. The van der Waals surface area contributed by atoms with E-state index in [1.54, 1.807) is 0 Å². The van der Waals surface area contributed by atoms with E-state index in [2.05, 4.69) is 29.5 Å². The Kier molecular flexibility index (Phi) is 4.14. The van der Waals surface area contributed by atoms with Gasteiger partial charge in [0, 0.05) is 30.5 Å². The van der Waals surface area contributed by atoms with Crippen molar-refractivity contribution in [1.29, 1.82) is 0 Å². The topological polar surface area (TPSA) is 34.1 Å². The van der Waals surface area contributed by atoms with Crippen LogP contribution < -0.4 is 5.32 Å². The van der Waals surface area contributed by atoms with Gasteiger partial charge in [0.25, 0.3) is 0 Å². The second kappa shape index (κ2) is 6.02. The Bertz CT molecular complexity index is 415. The lowest BCUT2D eigenvalue weighted by molar-refractivity contribution is 0.0912. The highest BCUT2D eigenvalue weighted by Crippen LogP contribution is 2.34. The van der Waals surface area contributed by atoms with Crippen LogP contribution in [-0.2, 0) is 11.2 Å². The molecular weight excluding hydrogens is 236 g/mol. The second-order valence-corrected chi connectivity index (χ2v) is 5.81. The summed E-state index contributed by atoms with van der Waals surface area (Å²) in [5, 5.41) is 3.52. The fourth-order valence-electron chi connectivity index (χ4n) is 3.63. The number of ether oxygens (including phenoxy) is 1. The number of hydrogen-bond donors (Lipinski definition) is 1. The van der Waals surface area contributed by atoms with Gasteiger partial charge in [0.2, 0.25) is 0 Å². The lowest BCUT2D eigenvalue weighted by Crippen LogP contribution is -2.37. The molecule has 2 heterocycles. The van der Waals surface area contributed by atoms with Gasteiger partial charge in [-0.3, -0.25) is 4.98 Å². The van der Waals surface area contributed by atoms with Gasteiger partial charge in [-0.25, -0.2) is 0 Å². The molecule has 1 aliphatic carbocycles. The van der Waals surface area contributed by atoms with Crippen LogP contribution in [0.3, 0.4) is 0 Å². The Balaban J connectivity index is 1.76. The maximum atomic E-state index is 5.80. The zero-order chi connectivity index (χ0) is 13.1. The van der Waals surface area contributed by atoms with Crippen molar-refractivity contribution in [3.05, 3.63) is 29.6 Å². The molecule has 0 radical (unpaired) electrons. The molecule has 1 fully saturated rings. The third kappa shape index (κ3) is 2.82. The van der Waals surface area contributed by atoms with Crippen molar-refractivity contribution in [3.63, 3.8) is 0 Å². The van der Waals surface area contributed by atoms with E-state index >= 15 is 0 Å². The van der Waals surface area contributed by atoms with E-state index in [9.17, 15) is 0 Å². The fraction of sp³-hybridized carbons (Fsp3) is 0.688. The first kappa shape index (κ1) is 13.1. The number of likely N-dealkylation sites (N-methyl/N-ethyl adjacent to an activating group) is 1. The summed E-state index contributed by atoms with van der Waals surface area (Å²) in [6.07, 6.45) is 9.69. The highest BCUT2D eigenvalue weighted by molar-refractivity contribution is 5.27. The molecule has 3 atom stereocenters. The average molecular weight is 260 g/mol. The van der Waals surface area contributed by atoms with Crippen LogP contribution in [0.1, 0.15) is 49.3 Å². The molecule has 0 spiro atoms. The van der Waals surface area contributed by atoms with Crippen molar-refractivity contribution in [1.82, 2.24) is 10.3 Å². The number of hydrogen-bond acceptors (Lipinski definition) is 3. The first-order valence-electron chi connectivity index (χ1n) is 7.61. The highest BCUT2D eigenvalue weighted by atomic mass is 16.5. The van der Waals surface area contributed by atoms with E-state index in [4.69, 9.17) is 4.74 Å². The first-order valence-corrected chi connectivity index (χ1v) is 7.61. The molecule has 2 aliphatic rings. The Morgan fingerprint density at radius 1 is 1.42 bits per heavy atom. The Hall–Kier alpha value is -0.930. The quantitative estimate of drug-likeness (QED) is 0.903. The molecule has 0 amide bonds. The molecule has 1 aromatic heterocycles. The van der Waals surface area contributed by atoms with Crippen molar-refractivity contribution in [2.24, 2.45) is 0 Å². The number of pyridine rings is 1. The van der Waals surface area contributed by atoms with Crippen molar-refractivity contribution in [3.8, 4) is 0 Å². The first-order chi connectivity index (χ1) is 9.38. The van der Waals surface area contributed by atoms with E-state index in [1.807, 2.05) is 6.20 Å². The Morgan fingerprint density at radius 3 is 3.16 bits per heavy atom. The van der Waals surface area contributed by atoms with Crippen LogP contribution in [-0.4, -0.2) is 30.8 Å². The van der Waals surface area contributed by atoms with Crippen molar-refractivity contribution in [2.75, 3.05) is 13.7 Å². The second-order valence-electron chi connectivity index (χ2n) is 5.81. The largest absolute Gasteiger partial charge is 0.378 e. The van der Waals surface area contributed by atoms with E-state index in [-0.39, 0.29) is 0 Å². The summed E-state index contributed by atoms with van der Waals surface area (Å²) in [6.45, 7) is 0.945. The number of aromatic nitrogens is 1. The molecule has 3 nitrogen and oxygen atoms in total. The molecule has 1 aliphatic heterocycles. The standard InChI is InChI=1S/C16H24N2O/c1-17-15(11-13-7-4-10-19-13)14-8-2-5-12-6-3-9-18-16(12)14/h3,6,9,13-15,17H,2,4-5,7-8,10-11H2,1H3. The molecule has 104 valence electrons. The molecule has 0 saturated carbocycles. The number of nitrogens with zero attached hydrogens (tertiary/aromatic N) is 1. The number of aryl methyl sites for hydroxylation is 1. The Morgan fingerprint density at radius 2 is 2.37 bits per heavy atom. The van der Waals surface area contributed by atoms with E-state index in [0.29, 0.717) is 18.1 Å². The van der Waals surface area contributed by atoms with Crippen LogP contribution in [0.15, 0.2) is 18.3 Å². The van der Waals surface area contributed by atoms with Gasteiger partial charge in [-0.1, -0.05) is 6.07 Å². The minimum Gasteiger partial charge on any atom is -0.378 e. The van der Waals surface area contributed by atoms with Gasteiger partial charge in [0.1, 0.15) is 0 Å². The summed E-state index contributed by atoms with van der Waals surface area (Å²) in [6, 6.07) is 4.81. The predicted molar refractivity (Wildman–Crippen MR) is 76.4 cm³/mol. The van der Waals surface area contributed by atoms with Gasteiger partial charge in [0.05, 0.1) is 6.10 Å². The van der Waals surface area contributed by atoms with E-state index in [0.717, 1.165) is 13.0 Å². The number of nitrogens with one attached hydrogen (secondary N) is 1. The summed E-state index contributed by atoms with van der Waals surface area (Å²) < 4.78 is 5.80. The van der Waals surface area contributed by atoms with Crippen LogP contribution >= 0.6 is 0 Å². The lowest BCUT2D eigenvalue weighted by Gasteiger charge is -2.32. The third-order valence-electron chi connectivity index (χ3n) is 4.64. The third-order valence-corrected chi connectivity index (χ3v) is 4.64. The molecule has 3 rings (SSSR count). The van der Waals surface area contributed by atoms with Crippen LogP contribution in [0.2, 0.25) is 0 Å². The van der Waals surface area contributed by atoms with E-state index < -0.39 is 0 Å². The summed E-state index contributed by atoms with van der Waals surface area (Å²) in [4.78, 5) is 4.66. The summed E-state index contributed by atoms with van der Waals surface area (Å²) in [7, 11) is 2.08. The SMILES string of the molecule is CNC(CC1CCCO1)C1CCCc2cccnc21. The van der Waals surface area contributed by atoms with Crippen LogP contribution in [0, 0.1) is 0 Å². The molecule has 3 unspecified atom stereocenters. The zero-order valence-electron chi connectivity index (χ0n) is 11.8. The molecule has 1 saturated heterocycles. The highest BCUT2D eigenvalue weighted by Gasteiger charge is 2.30. The zero-order valence-corrected chi connectivity index (χ0v) is 11.8. The van der Waals surface area contributed by atoms with Gasteiger partial charge in [-0.15, -0.1) is 0 Å². The van der Waals surface area contributed by atoms with Gasteiger partial charge < -0.3 is 10.1 Å². The summed E-state index contributed by atoms with van der Waals surface area (Å²) in [5.74, 6) is 0.555. The molecular formula is C16H24N2O. The summed E-state index contributed by atoms with van der Waals surface area (Å²) in [5.41, 5.74) is 2.78. The molecule has 1 aromatic rings. The molecule has 0 aromatic carbocycles.